The van der Waals surface area contributed by atoms with Crippen molar-refractivity contribution in [1.29, 1.82) is 0 Å². The Balaban J connectivity index is 1.69. The Morgan fingerprint density at radius 3 is 2.19 bits per heavy atom. The van der Waals surface area contributed by atoms with Gasteiger partial charge in [0, 0.05) is 23.5 Å². The summed E-state index contributed by atoms with van der Waals surface area (Å²) in [6, 6.07) is 22.8. The minimum atomic E-state index is -0.120. The van der Waals surface area contributed by atoms with Crippen molar-refractivity contribution in [1.82, 2.24) is 0 Å². The van der Waals surface area contributed by atoms with Crippen molar-refractivity contribution in [3.05, 3.63) is 95.1 Å². The molecule has 0 saturated heterocycles. The Labute approximate surface area is 153 Å². The van der Waals surface area contributed by atoms with E-state index in [2.05, 4.69) is 10.6 Å². The van der Waals surface area contributed by atoms with E-state index in [1.165, 1.54) is 0 Å². The number of aliphatic hydroxyl groups excluding tert-OH is 1. The maximum Gasteiger partial charge on any atom is 0.255 e. The maximum atomic E-state index is 12.4. The minimum Gasteiger partial charge on any atom is -0.392 e. The van der Waals surface area contributed by atoms with E-state index in [0.29, 0.717) is 12.1 Å². The van der Waals surface area contributed by atoms with Gasteiger partial charge in [0.2, 0.25) is 0 Å². The van der Waals surface area contributed by atoms with Crippen LogP contribution < -0.4 is 10.6 Å². The molecule has 3 aromatic carbocycles. The molecule has 0 heterocycles. The molecular formula is C22H22N2O2. The van der Waals surface area contributed by atoms with Crippen molar-refractivity contribution in [2.24, 2.45) is 0 Å². The highest BCUT2D eigenvalue weighted by molar-refractivity contribution is 6.04. The van der Waals surface area contributed by atoms with Crippen molar-refractivity contribution in [3.8, 4) is 0 Å². The first kappa shape index (κ1) is 17.7. The van der Waals surface area contributed by atoms with Crippen LogP contribution in [0, 0.1) is 6.92 Å². The van der Waals surface area contributed by atoms with E-state index in [0.717, 1.165) is 28.1 Å². The number of hydrogen-bond donors (Lipinski definition) is 3. The van der Waals surface area contributed by atoms with Gasteiger partial charge in [0.15, 0.2) is 0 Å². The predicted molar refractivity (Wildman–Crippen MR) is 105 cm³/mol. The molecule has 0 aromatic heterocycles. The van der Waals surface area contributed by atoms with Crippen LogP contribution in [0.4, 0.5) is 11.4 Å². The Morgan fingerprint density at radius 1 is 0.846 bits per heavy atom. The number of nitrogens with one attached hydrogen (secondary N) is 2. The molecule has 0 fully saturated rings. The summed E-state index contributed by atoms with van der Waals surface area (Å²) in [7, 11) is 0. The minimum absolute atomic E-state index is 0.0516. The maximum absolute atomic E-state index is 12.4. The van der Waals surface area contributed by atoms with Crippen LogP contribution in [0.5, 0.6) is 0 Å². The lowest BCUT2D eigenvalue weighted by Gasteiger charge is -2.14. The molecule has 0 saturated carbocycles. The molecule has 3 aromatic rings. The topological polar surface area (TPSA) is 61.4 Å². The van der Waals surface area contributed by atoms with Crippen LogP contribution in [-0.2, 0) is 13.2 Å². The largest absolute Gasteiger partial charge is 0.392 e. The molecule has 3 rings (SSSR count). The fourth-order valence-corrected chi connectivity index (χ4v) is 2.71. The molecule has 0 aliphatic rings. The molecule has 4 heteroatoms. The first-order valence-corrected chi connectivity index (χ1v) is 8.56. The van der Waals surface area contributed by atoms with Crippen LogP contribution in [0.15, 0.2) is 72.8 Å². The van der Waals surface area contributed by atoms with Crippen molar-refractivity contribution in [2.45, 2.75) is 20.1 Å². The third-order valence-electron chi connectivity index (χ3n) is 4.31. The van der Waals surface area contributed by atoms with Gasteiger partial charge in [-0.3, -0.25) is 4.79 Å². The van der Waals surface area contributed by atoms with Gasteiger partial charge in [0.05, 0.1) is 6.61 Å². The van der Waals surface area contributed by atoms with Crippen LogP contribution in [0.1, 0.15) is 27.0 Å². The second-order valence-corrected chi connectivity index (χ2v) is 6.13. The zero-order valence-corrected chi connectivity index (χ0v) is 14.7. The monoisotopic (exact) mass is 346 g/mol. The van der Waals surface area contributed by atoms with Gasteiger partial charge in [-0.25, -0.2) is 0 Å². The SMILES string of the molecule is Cc1c(NCc2ccc(CO)cc2)cccc1NC(=O)c1ccccc1. The van der Waals surface area contributed by atoms with Crippen molar-refractivity contribution < 1.29 is 9.90 Å². The van der Waals surface area contributed by atoms with Crippen molar-refractivity contribution in [3.63, 3.8) is 0 Å². The van der Waals surface area contributed by atoms with Gasteiger partial charge < -0.3 is 15.7 Å². The molecule has 132 valence electrons. The summed E-state index contributed by atoms with van der Waals surface area (Å²) in [5, 5.41) is 15.5. The number of hydrogen-bond acceptors (Lipinski definition) is 3. The summed E-state index contributed by atoms with van der Waals surface area (Å²) in [4.78, 5) is 12.4. The molecule has 0 aliphatic heterocycles. The molecule has 0 unspecified atom stereocenters. The average molecular weight is 346 g/mol. The molecule has 26 heavy (non-hydrogen) atoms. The lowest BCUT2D eigenvalue weighted by atomic mass is 10.1. The summed E-state index contributed by atoms with van der Waals surface area (Å²) >= 11 is 0. The molecule has 1 amide bonds. The van der Waals surface area contributed by atoms with E-state index in [9.17, 15) is 4.79 Å². The third kappa shape index (κ3) is 4.29. The number of carbonyl (C=O) groups excluding carboxylic acids is 1. The molecule has 3 N–H and O–H groups in total. The van der Waals surface area contributed by atoms with Gasteiger partial charge in [-0.05, 0) is 47.9 Å². The van der Waals surface area contributed by atoms with Crippen LogP contribution in [0.25, 0.3) is 0 Å². The van der Waals surface area contributed by atoms with E-state index < -0.39 is 0 Å². The average Bonchev–Trinajstić information content (AvgIpc) is 2.69. The number of rotatable bonds is 6. The highest BCUT2D eigenvalue weighted by atomic mass is 16.3. The first-order chi connectivity index (χ1) is 12.7. The van der Waals surface area contributed by atoms with Gasteiger partial charge in [0.25, 0.3) is 5.91 Å². The molecule has 0 spiro atoms. The van der Waals surface area contributed by atoms with Crippen LogP contribution in [0.3, 0.4) is 0 Å². The summed E-state index contributed by atoms with van der Waals surface area (Å²) in [5.41, 5.74) is 5.41. The smallest absolute Gasteiger partial charge is 0.255 e. The molecule has 0 radical (unpaired) electrons. The summed E-state index contributed by atoms with van der Waals surface area (Å²) in [6.07, 6.45) is 0. The summed E-state index contributed by atoms with van der Waals surface area (Å²) in [5.74, 6) is -0.120. The highest BCUT2D eigenvalue weighted by Crippen LogP contribution is 2.24. The lowest BCUT2D eigenvalue weighted by molar-refractivity contribution is 0.102. The van der Waals surface area contributed by atoms with E-state index in [-0.39, 0.29) is 12.5 Å². The molecule has 0 aliphatic carbocycles. The number of amides is 1. The van der Waals surface area contributed by atoms with E-state index in [4.69, 9.17) is 5.11 Å². The van der Waals surface area contributed by atoms with E-state index >= 15 is 0 Å². The van der Waals surface area contributed by atoms with Crippen LogP contribution in [0.2, 0.25) is 0 Å². The quantitative estimate of drug-likeness (QED) is 0.622. The highest BCUT2D eigenvalue weighted by Gasteiger charge is 2.09. The van der Waals surface area contributed by atoms with Gasteiger partial charge in [-0.15, -0.1) is 0 Å². The summed E-state index contributed by atoms with van der Waals surface area (Å²) < 4.78 is 0. The lowest BCUT2D eigenvalue weighted by Crippen LogP contribution is -2.13. The zero-order chi connectivity index (χ0) is 18.4. The van der Waals surface area contributed by atoms with Crippen LogP contribution in [-0.4, -0.2) is 11.0 Å². The number of benzene rings is 3. The standard InChI is InChI=1S/C22H22N2O2/c1-16-20(23-14-17-10-12-18(15-25)13-11-17)8-5-9-21(16)24-22(26)19-6-3-2-4-7-19/h2-13,23,25H,14-15H2,1H3,(H,24,26). The Kier molecular flexibility index (Phi) is 5.66. The van der Waals surface area contributed by atoms with Crippen molar-refractivity contribution in [2.75, 3.05) is 10.6 Å². The number of anilines is 2. The van der Waals surface area contributed by atoms with Crippen molar-refractivity contribution >= 4 is 17.3 Å². The second-order valence-electron chi connectivity index (χ2n) is 6.13. The first-order valence-electron chi connectivity index (χ1n) is 8.56. The van der Waals surface area contributed by atoms with Gasteiger partial charge in [0.1, 0.15) is 0 Å². The predicted octanol–water partition coefficient (Wildman–Crippen LogP) is 4.35. The summed E-state index contributed by atoms with van der Waals surface area (Å²) in [6.45, 7) is 2.70. The Morgan fingerprint density at radius 2 is 1.50 bits per heavy atom. The van der Waals surface area contributed by atoms with E-state index in [1.54, 1.807) is 12.1 Å². The molecule has 0 bridgehead atoms. The second kappa shape index (κ2) is 8.32. The molecule has 0 atom stereocenters. The fourth-order valence-electron chi connectivity index (χ4n) is 2.71. The van der Waals surface area contributed by atoms with E-state index in [1.807, 2.05) is 67.6 Å². The Hall–Kier alpha value is -3.11. The van der Waals surface area contributed by atoms with Gasteiger partial charge >= 0.3 is 0 Å². The molecule has 4 nitrogen and oxygen atoms in total. The number of carbonyl (C=O) groups is 1. The zero-order valence-electron chi connectivity index (χ0n) is 14.7. The Bertz CT molecular complexity index is 874. The molecular weight excluding hydrogens is 324 g/mol. The van der Waals surface area contributed by atoms with Gasteiger partial charge in [-0.2, -0.15) is 0 Å². The number of aliphatic hydroxyl groups is 1. The van der Waals surface area contributed by atoms with Crippen LogP contribution >= 0.6 is 0 Å². The van der Waals surface area contributed by atoms with Gasteiger partial charge in [-0.1, -0.05) is 48.5 Å². The normalized spacial score (nSPS) is 10.4. The fraction of sp³-hybridized carbons (Fsp3) is 0.136. The third-order valence-corrected chi connectivity index (χ3v) is 4.31.